The molecule has 0 atom stereocenters. The maximum absolute atomic E-state index is 4.68. The van der Waals surface area contributed by atoms with Gasteiger partial charge in [0, 0.05) is 51.9 Å². The Morgan fingerprint density at radius 2 is 1.93 bits per heavy atom. The highest BCUT2D eigenvalue weighted by Gasteiger charge is 2.02. The van der Waals surface area contributed by atoms with Gasteiger partial charge < -0.3 is 20.1 Å². The highest BCUT2D eigenvalue weighted by molar-refractivity contribution is 14.0. The number of para-hydroxylation sites is 1. The smallest absolute Gasteiger partial charge is 0.191 e. The Hall–Kier alpha value is -1.84. The lowest BCUT2D eigenvalue weighted by Crippen LogP contribution is -2.39. The number of anilines is 1. The summed E-state index contributed by atoms with van der Waals surface area (Å²) in [5.41, 5.74) is 1.26. The molecule has 2 rings (SSSR count). The molecule has 156 valence electrons. The van der Waals surface area contributed by atoms with Crippen LogP contribution in [0, 0.1) is 0 Å². The van der Waals surface area contributed by atoms with Crippen LogP contribution in [-0.2, 0) is 13.0 Å². The van der Waals surface area contributed by atoms with Gasteiger partial charge in [0.25, 0.3) is 0 Å². The molecule has 0 radical (unpaired) electrons. The summed E-state index contributed by atoms with van der Waals surface area (Å²) in [6, 6.07) is 10.5. The minimum Gasteiger partial charge on any atom is -0.375 e. The molecule has 0 aliphatic carbocycles. The molecule has 0 saturated carbocycles. The molecule has 1 aromatic carbocycles. The number of guanidine groups is 1. The summed E-state index contributed by atoms with van der Waals surface area (Å²) in [5.74, 6) is 1.89. The van der Waals surface area contributed by atoms with E-state index >= 15 is 0 Å². The van der Waals surface area contributed by atoms with Gasteiger partial charge >= 0.3 is 0 Å². The highest BCUT2D eigenvalue weighted by atomic mass is 127. The van der Waals surface area contributed by atoms with Crippen molar-refractivity contribution in [2.75, 3.05) is 38.1 Å². The van der Waals surface area contributed by atoms with Crippen molar-refractivity contribution in [3.05, 3.63) is 42.5 Å². The second kappa shape index (κ2) is 14.2. The molecule has 0 saturated heterocycles. The summed E-state index contributed by atoms with van der Waals surface area (Å²) in [7, 11) is 2.14. The Morgan fingerprint density at radius 3 is 2.64 bits per heavy atom. The molecule has 7 nitrogen and oxygen atoms in total. The number of aliphatic imine (C=N–C) groups is 1. The molecular formula is C20H34IN7. The van der Waals surface area contributed by atoms with Crippen LogP contribution in [0.5, 0.6) is 0 Å². The molecule has 0 bridgehead atoms. The largest absolute Gasteiger partial charge is 0.375 e. The van der Waals surface area contributed by atoms with Crippen LogP contribution in [0.1, 0.15) is 32.5 Å². The minimum atomic E-state index is 0. The summed E-state index contributed by atoms with van der Waals surface area (Å²) in [6.07, 6.45) is 4.87. The normalized spacial score (nSPS) is 11.0. The first-order chi connectivity index (χ1) is 13.2. The predicted octanol–water partition coefficient (Wildman–Crippen LogP) is 2.93. The number of nitrogens with one attached hydrogen (secondary N) is 2. The molecule has 2 aromatic rings. The van der Waals surface area contributed by atoms with E-state index in [1.807, 2.05) is 6.07 Å². The van der Waals surface area contributed by atoms with E-state index in [2.05, 4.69) is 80.5 Å². The zero-order chi connectivity index (χ0) is 19.3. The van der Waals surface area contributed by atoms with Crippen molar-refractivity contribution in [1.82, 2.24) is 25.4 Å². The fourth-order valence-electron chi connectivity index (χ4n) is 2.84. The van der Waals surface area contributed by atoms with E-state index in [-0.39, 0.29) is 24.0 Å². The van der Waals surface area contributed by atoms with Crippen molar-refractivity contribution in [2.45, 2.75) is 39.7 Å². The number of hydrogen-bond donors (Lipinski definition) is 2. The Balaban J connectivity index is 0.00000392. The number of aromatic nitrogens is 3. The van der Waals surface area contributed by atoms with Crippen LogP contribution in [0.25, 0.3) is 0 Å². The standard InChI is InChI=1S/C20H33N7.HI/c1-4-19-25-24-17-27(19)16-14-23-20(21-5-2)22-13-9-10-15-26(3)18-11-7-6-8-12-18;/h6-8,11-12,17H,4-5,9-10,13-16H2,1-3H3,(H2,21,22,23);1H. The van der Waals surface area contributed by atoms with Gasteiger partial charge in [0.15, 0.2) is 5.96 Å². The van der Waals surface area contributed by atoms with Gasteiger partial charge in [0.1, 0.15) is 12.2 Å². The summed E-state index contributed by atoms with van der Waals surface area (Å²) in [6.45, 7) is 8.53. The zero-order valence-electron chi connectivity index (χ0n) is 17.3. The van der Waals surface area contributed by atoms with Gasteiger partial charge in [-0.1, -0.05) is 25.1 Å². The lowest BCUT2D eigenvalue weighted by atomic mass is 10.2. The molecular weight excluding hydrogens is 465 g/mol. The monoisotopic (exact) mass is 499 g/mol. The van der Waals surface area contributed by atoms with E-state index in [1.165, 1.54) is 5.69 Å². The minimum absolute atomic E-state index is 0. The van der Waals surface area contributed by atoms with Crippen molar-refractivity contribution < 1.29 is 0 Å². The van der Waals surface area contributed by atoms with E-state index in [4.69, 9.17) is 0 Å². The Morgan fingerprint density at radius 1 is 1.14 bits per heavy atom. The molecule has 0 aliphatic heterocycles. The molecule has 1 aromatic heterocycles. The molecule has 0 unspecified atom stereocenters. The van der Waals surface area contributed by atoms with Gasteiger partial charge in [-0.3, -0.25) is 4.99 Å². The van der Waals surface area contributed by atoms with E-state index in [9.17, 15) is 0 Å². The maximum atomic E-state index is 4.68. The van der Waals surface area contributed by atoms with Crippen molar-refractivity contribution >= 4 is 35.6 Å². The number of benzene rings is 1. The van der Waals surface area contributed by atoms with Crippen LogP contribution in [0.4, 0.5) is 5.69 Å². The molecule has 8 heteroatoms. The zero-order valence-corrected chi connectivity index (χ0v) is 19.6. The third-order valence-electron chi connectivity index (χ3n) is 4.37. The van der Waals surface area contributed by atoms with E-state index in [0.717, 1.165) is 63.8 Å². The number of hydrogen-bond acceptors (Lipinski definition) is 4. The lowest BCUT2D eigenvalue weighted by Gasteiger charge is -2.18. The summed E-state index contributed by atoms with van der Waals surface area (Å²) in [4.78, 5) is 6.97. The second-order valence-electron chi connectivity index (χ2n) is 6.45. The first-order valence-electron chi connectivity index (χ1n) is 9.89. The number of aryl methyl sites for hydroxylation is 1. The van der Waals surface area contributed by atoms with Gasteiger partial charge in [-0.25, -0.2) is 0 Å². The van der Waals surface area contributed by atoms with Crippen LogP contribution in [-0.4, -0.2) is 54.0 Å². The van der Waals surface area contributed by atoms with Crippen LogP contribution >= 0.6 is 24.0 Å². The van der Waals surface area contributed by atoms with Crippen molar-refractivity contribution in [2.24, 2.45) is 4.99 Å². The van der Waals surface area contributed by atoms with E-state index in [0.29, 0.717) is 0 Å². The molecule has 0 aliphatic rings. The summed E-state index contributed by atoms with van der Waals surface area (Å²) >= 11 is 0. The van der Waals surface area contributed by atoms with Crippen molar-refractivity contribution in [3.8, 4) is 0 Å². The number of nitrogens with zero attached hydrogens (tertiary/aromatic N) is 5. The summed E-state index contributed by atoms with van der Waals surface area (Å²) in [5, 5.41) is 14.8. The maximum Gasteiger partial charge on any atom is 0.191 e. The third-order valence-corrected chi connectivity index (χ3v) is 4.37. The average Bonchev–Trinajstić information content (AvgIpc) is 3.15. The molecule has 1 heterocycles. The molecule has 0 fully saturated rings. The van der Waals surface area contributed by atoms with Crippen molar-refractivity contribution in [3.63, 3.8) is 0 Å². The Kier molecular flexibility index (Phi) is 12.3. The Bertz CT molecular complexity index is 672. The first kappa shape index (κ1) is 24.2. The SMILES string of the molecule is CCNC(=NCCCCN(C)c1ccccc1)NCCn1cnnc1CC.I. The number of halogens is 1. The molecule has 0 spiro atoms. The van der Waals surface area contributed by atoms with Crippen LogP contribution in [0.3, 0.4) is 0 Å². The molecule has 0 amide bonds. The van der Waals surface area contributed by atoms with Gasteiger partial charge in [-0.2, -0.15) is 0 Å². The Labute approximate surface area is 186 Å². The van der Waals surface area contributed by atoms with E-state index in [1.54, 1.807) is 6.33 Å². The van der Waals surface area contributed by atoms with Gasteiger partial charge in [-0.05, 0) is 31.9 Å². The summed E-state index contributed by atoms with van der Waals surface area (Å²) < 4.78 is 2.08. The molecule has 2 N–H and O–H groups in total. The van der Waals surface area contributed by atoms with Crippen molar-refractivity contribution in [1.29, 1.82) is 0 Å². The van der Waals surface area contributed by atoms with Crippen LogP contribution in [0.15, 0.2) is 41.7 Å². The lowest BCUT2D eigenvalue weighted by molar-refractivity contribution is 0.631. The van der Waals surface area contributed by atoms with E-state index < -0.39 is 0 Å². The molecule has 28 heavy (non-hydrogen) atoms. The predicted molar refractivity (Wildman–Crippen MR) is 128 cm³/mol. The fraction of sp³-hybridized carbons (Fsp3) is 0.550. The highest BCUT2D eigenvalue weighted by Crippen LogP contribution is 2.11. The van der Waals surface area contributed by atoms with Gasteiger partial charge in [-0.15, -0.1) is 34.2 Å². The number of rotatable bonds is 11. The topological polar surface area (TPSA) is 70.4 Å². The fourth-order valence-corrected chi connectivity index (χ4v) is 2.84. The van der Waals surface area contributed by atoms with Crippen LogP contribution in [0.2, 0.25) is 0 Å². The average molecular weight is 499 g/mol. The van der Waals surface area contributed by atoms with Crippen LogP contribution < -0.4 is 15.5 Å². The van der Waals surface area contributed by atoms with Gasteiger partial charge in [0.2, 0.25) is 0 Å². The number of unbranched alkanes of at least 4 members (excludes halogenated alkanes) is 1. The second-order valence-corrected chi connectivity index (χ2v) is 6.45. The quantitative estimate of drug-likeness (QED) is 0.215. The van der Waals surface area contributed by atoms with Gasteiger partial charge in [0.05, 0.1) is 0 Å². The first-order valence-corrected chi connectivity index (χ1v) is 9.89. The third kappa shape index (κ3) is 8.45.